The summed E-state index contributed by atoms with van der Waals surface area (Å²) in [5, 5.41) is 13.0. The zero-order chi connectivity index (χ0) is 16.4. The number of carboxylic acid groups (broad SMARTS) is 1. The van der Waals surface area contributed by atoms with Crippen molar-refractivity contribution in [3.8, 4) is 17.2 Å². The van der Waals surface area contributed by atoms with Gasteiger partial charge in [-0.1, -0.05) is 13.8 Å². The number of rotatable bonds is 4. The van der Waals surface area contributed by atoms with Crippen LogP contribution in [0.4, 0.5) is 0 Å². The molecule has 0 amide bonds. The largest absolute Gasteiger partial charge is 0.476 e. The smallest absolute Gasteiger partial charge is 0.356 e. The van der Waals surface area contributed by atoms with Crippen LogP contribution in [-0.2, 0) is 0 Å². The number of pyridine rings is 1. The van der Waals surface area contributed by atoms with Gasteiger partial charge in [0.05, 0.1) is 0 Å². The fourth-order valence-corrected chi connectivity index (χ4v) is 2.06. The van der Waals surface area contributed by atoms with E-state index in [-0.39, 0.29) is 11.6 Å². The first-order valence-corrected chi connectivity index (χ1v) is 7.13. The van der Waals surface area contributed by atoms with E-state index in [2.05, 4.69) is 20.1 Å². The Morgan fingerprint density at radius 3 is 2.70 bits per heavy atom. The van der Waals surface area contributed by atoms with E-state index in [1.165, 1.54) is 10.7 Å². The van der Waals surface area contributed by atoms with Crippen molar-refractivity contribution in [3.05, 3.63) is 54.2 Å². The van der Waals surface area contributed by atoms with Gasteiger partial charge in [-0.2, -0.15) is 5.10 Å². The molecule has 0 atom stereocenters. The minimum Gasteiger partial charge on any atom is -0.476 e. The van der Waals surface area contributed by atoms with Crippen molar-refractivity contribution in [2.75, 3.05) is 0 Å². The van der Waals surface area contributed by atoms with Gasteiger partial charge in [0.15, 0.2) is 17.3 Å². The Bertz CT molecular complexity index is 843. The molecule has 0 aromatic carbocycles. The molecule has 23 heavy (non-hydrogen) atoms. The minimum absolute atomic E-state index is 0.0300. The van der Waals surface area contributed by atoms with Crippen LogP contribution >= 0.6 is 0 Å². The van der Waals surface area contributed by atoms with Crippen molar-refractivity contribution in [1.29, 1.82) is 0 Å². The SMILES string of the molecule is CC(C)c1cc(-n2ccc(C(=O)O)n2)nc(-c2cccnc2)n1. The molecule has 0 aliphatic carbocycles. The first kappa shape index (κ1) is 14.8. The third-order valence-electron chi connectivity index (χ3n) is 3.29. The van der Waals surface area contributed by atoms with Crippen molar-refractivity contribution in [1.82, 2.24) is 24.7 Å². The third-order valence-corrected chi connectivity index (χ3v) is 3.29. The molecule has 3 heterocycles. The summed E-state index contributed by atoms with van der Waals surface area (Å²) in [6.07, 6.45) is 4.95. The number of aromatic nitrogens is 5. The standard InChI is InChI=1S/C16H15N5O2/c1-10(2)13-8-14(21-7-5-12(20-21)16(22)23)19-15(18-13)11-4-3-6-17-9-11/h3-10H,1-2H3,(H,22,23). The van der Waals surface area contributed by atoms with Gasteiger partial charge in [-0.05, 0) is 24.1 Å². The quantitative estimate of drug-likeness (QED) is 0.796. The summed E-state index contributed by atoms with van der Waals surface area (Å²) in [6.45, 7) is 4.07. The van der Waals surface area contributed by atoms with Crippen LogP contribution in [0.2, 0.25) is 0 Å². The molecule has 0 spiro atoms. The number of hydrogen-bond acceptors (Lipinski definition) is 5. The van der Waals surface area contributed by atoms with Gasteiger partial charge in [-0.3, -0.25) is 4.98 Å². The van der Waals surface area contributed by atoms with Crippen LogP contribution in [0.3, 0.4) is 0 Å². The van der Waals surface area contributed by atoms with Gasteiger partial charge in [-0.25, -0.2) is 19.4 Å². The fourth-order valence-electron chi connectivity index (χ4n) is 2.06. The molecule has 3 aromatic rings. The molecule has 0 aliphatic heterocycles. The van der Waals surface area contributed by atoms with E-state index in [1.807, 2.05) is 32.0 Å². The molecule has 0 saturated heterocycles. The number of nitrogens with zero attached hydrogens (tertiary/aromatic N) is 5. The van der Waals surface area contributed by atoms with Crippen molar-refractivity contribution in [2.45, 2.75) is 19.8 Å². The van der Waals surface area contributed by atoms with Gasteiger partial charge < -0.3 is 5.11 Å². The van der Waals surface area contributed by atoms with Crippen molar-refractivity contribution in [3.63, 3.8) is 0 Å². The Labute approximate surface area is 132 Å². The molecule has 0 aliphatic rings. The molecule has 7 nitrogen and oxygen atoms in total. The number of aromatic carboxylic acids is 1. The van der Waals surface area contributed by atoms with Crippen LogP contribution in [0, 0.1) is 0 Å². The molecule has 1 N–H and O–H groups in total. The summed E-state index contributed by atoms with van der Waals surface area (Å²) >= 11 is 0. The van der Waals surface area contributed by atoms with Gasteiger partial charge >= 0.3 is 5.97 Å². The lowest BCUT2D eigenvalue weighted by Gasteiger charge is -2.10. The van der Waals surface area contributed by atoms with Gasteiger partial charge in [0.1, 0.15) is 0 Å². The van der Waals surface area contributed by atoms with Gasteiger partial charge in [0, 0.05) is 35.9 Å². The molecule has 7 heteroatoms. The highest BCUT2D eigenvalue weighted by Crippen LogP contribution is 2.20. The van der Waals surface area contributed by atoms with E-state index in [0.29, 0.717) is 11.6 Å². The number of hydrogen-bond donors (Lipinski definition) is 1. The highest BCUT2D eigenvalue weighted by atomic mass is 16.4. The normalized spacial score (nSPS) is 10.9. The summed E-state index contributed by atoms with van der Waals surface area (Å²) in [5.74, 6) is 0.178. The average molecular weight is 309 g/mol. The Morgan fingerprint density at radius 1 is 1.26 bits per heavy atom. The zero-order valence-corrected chi connectivity index (χ0v) is 12.7. The van der Waals surface area contributed by atoms with E-state index in [4.69, 9.17) is 5.11 Å². The Balaban J connectivity index is 2.12. The summed E-state index contributed by atoms with van der Waals surface area (Å²) in [6, 6.07) is 6.94. The Kier molecular flexibility index (Phi) is 3.84. The van der Waals surface area contributed by atoms with Crippen molar-refractivity contribution in [2.24, 2.45) is 0 Å². The minimum atomic E-state index is -1.07. The number of carbonyl (C=O) groups is 1. The summed E-state index contributed by atoms with van der Waals surface area (Å²) in [5.41, 5.74) is 1.61. The predicted octanol–water partition coefficient (Wildman–Crippen LogP) is 2.55. The third kappa shape index (κ3) is 3.08. The van der Waals surface area contributed by atoms with Crippen molar-refractivity contribution >= 4 is 5.97 Å². The lowest BCUT2D eigenvalue weighted by Crippen LogP contribution is -2.07. The van der Waals surface area contributed by atoms with Crippen molar-refractivity contribution < 1.29 is 9.90 Å². The van der Waals surface area contributed by atoms with Gasteiger partial charge in [0.2, 0.25) is 0 Å². The molecule has 116 valence electrons. The van der Waals surface area contributed by atoms with Crippen LogP contribution in [0.5, 0.6) is 0 Å². The first-order chi connectivity index (χ1) is 11.0. The van der Waals surface area contributed by atoms with E-state index in [0.717, 1.165) is 11.3 Å². The highest BCUT2D eigenvalue weighted by Gasteiger charge is 2.13. The van der Waals surface area contributed by atoms with Crippen LogP contribution in [0.25, 0.3) is 17.2 Å². The van der Waals surface area contributed by atoms with Crippen LogP contribution in [0.1, 0.15) is 35.9 Å². The molecular weight excluding hydrogens is 294 g/mol. The summed E-state index contributed by atoms with van der Waals surface area (Å²) < 4.78 is 1.44. The topological polar surface area (TPSA) is 93.8 Å². The zero-order valence-electron chi connectivity index (χ0n) is 12.7. The second-order valence-electron chi connectivity index (χ2n) is 5.32. The maximum absolute atomic E-state index is 11.0. The molecule has 0 saturated carbocycles. The van der Waals surface area contributed by atoms with E-state index in [9.17, 15) is 4.79 Å². The van der Waals surface area contributed by atoms with E-state index < -0.39 is 5.97 Å². The second-order valence-corrected chi connectivity index (χ2v) is 5.32. The molecule has 0 bridgehead atoms. The van der Waals surface area contributed by atoms with Crippen LogP contribution < -0.4 is 0 Å². The molecular formula is C16H15N5O2. The van der Waals surface area contributed by atoms with E-state index in [1.54, 1.807) is 18.6 Å². The fraction of sp³-hybridized carbons (Fsp3) is 0.188. The van der Waals surface area contributed by atoms with Gasteiger partial charge in [0.25, 0.3) is 0 Å². The lowest BCUT2D eigenvalue weighted by atomic mass is 10.1. The van der Waals surface area contributed by atoms with Crippen LogP contribution in [0.15, 0.2) is 42.9 Å². The molecule has 0 fully saturated rings. The maximum atomic E-state index is 11.0. The summed E-state index contributed by atoms with van der Waals surface area (Å²) in [4.78, 5) is 24.1. The Morgan fingerprint density at radius 2 is 2.09 bits per heavy atom. The Hall–Kier alpha value is -3.09. The predicted molar refractivity (Wildman–Crippen MR) is 83.4 cm³/mol. The van der Waals surface area contributed by atoms with E-state index >= 15 is 0 Å². The monoisotopic (exact) mass is 309 g/mol. The van der Waals surface area contributed by atoms with Crippen LogP contribution in [-0.4, -0.2) is 35.8 Å². The molecule has 0 radical (unpaired) electrons. The highest BCUT2D eigenvalue weighted by molar-refractivity contribution is 5.85. The second kappa shape index (κ2) is 5.96. The first-order valence-electron chi connectivity index (χ1n) is 7.13. The van der Waals surface area contributed by atoms with Gasteiger partial charge in [-0.15, -0.1) is 0 Å². The molecule has 0 unspecified atom stereocenters. The number of carboxylic acids is 1. The average Bonchev–Trinajstić information content (AvgIpc) is 3.05. The summed E-state index contributed by atoms with van der Waals surface area (Å²) in [7, 11) is 0. The molecule has 3 rings (SSSR count). The maximum Gasteiger partial charge on any atom is 0.356 e. The molecule has 3 aromatic heterocycles. The lowest BCUT2D eigenvalue weighted by molar-refractivity contribution is 0.0690.